The Morgan fingerprint density at radius 2 is 2.05 bits per heavy atom. The number of aryl methyl sites for hydroxylation is 1. The van der Waals surface area contributed by atoms with Crippen LogP contribution in [0.2, 0.25) is 5.02 Å². The fraction of sp³-hybridized carbons (Fsp3) is 0.611. The third kappa shape index (κ3) is 3.82. The van der Waals surface area contributed by atoms with Gasteiger partial charge in [0.2, 0.25) is 0 Å². The highest BCUT2D eigenvalue weighted by Crippen LogP contribution is 2.32. The smallest absolute Gasteiger partial charge is 0.320 e. The van der Waals surface area contributed by atoms with E-state index in [0.717, 1.165) is 42.0 Å². The number of rotatable bonds is 3. The van der Waals surface area contributed by atoms with Gasteiger partial charge in [0, 0.05) is 11.6 Å². The van der Waals surface area contributed by atoms with Crippen molar-refractivity contribution in [2.75, 3.05) is 6.54 Å². The fourth-order valence-electron chi connectivity index (χ4n) is 3.15. The molecule has 0 aliphatic carbocycles. The Kier molecular flexibility index (Phi) is 5.18. The summed E-state index contributed by atoms with van der Waals surface area (Å²) in [7, 11) is 0. The zero-order valence-electron chi connectivity index (χ0n) is 13.9. The molecule has 3 nitrogen and oxygen atoms in total. The minimum absolute atomic E-state index is 0.00903. The average Bonchev–Trinajstić information content (AvgIpc) is 2.41. The van der Waals surface area contributed by atoms with Crippen molar-refractivity contribution in [3.05, 3.63) is 33.8 Å². The molecule has 0 saturated carbocycles. The minimum Gasteiger partial charge on any atom is -0.480 e. The molecule has 0 radical (unpaired) electrons. The Morgan fingerprint density at radius 1 is 1.36 bits per heavy atom. The number of hydrogen-bond donors (Lipinski definition) is 1. The average molecular weight is 324 g/mol. The van der Waals surface area contributed by atoms with E-state index >= 15 is 0 Å². The molecule has 1 aliphatic heterocycles. The number of carbonyl (C=O) groups is 1. The topological polar surface area (TPSA) is 40.5 Å². The van der Waals surface area contributed by atoms with Crippen molar-refractivity contribution in [2.45, 2.75) is 65.0 Å². The lowest BCUT2D eigenvalue weighted by atomic mass is 9.85. The molecule has 22 heavy (non-hydrogen) atoms. The third-order valence-electron chi connectivity index (χ3n) is 4.51. The molecule has 2 rings (SSSR count). The van der Waals surface area contributed by atoms with Crippen LogP contribution in [0.3, 0.4) is 0 Å². The van der Waals surface area contributed by atoms with Crippen LogP contribution in [-0.4, -0.2) is 28.6 Å². The first-order valence-electron chi connectivity index (χ1n) is 7.96. The van der Waals surface area contributed by atoms with Gasteiger partial charge in [-0.05, 0) is 54.5 Å². The molecule has 1 aliphatic rings. The van der Waals surface area contributed by atoms with Gasteiger partial charge in [-0.15, -0.1) is 0 Å². The summed E-state index contributed by atoms with van der Waals surface area (Å²) >= 11 is 6.47. The molecule has 1 aromatic carbocycles. The molecular weight excluding hydrogens is 298 g/mol. The second-order valence-electron chi connectivity index (χ2n) is 7.33. The van der Waals surface area contributed by atoms with Crippen molar-refractivity contribution >= 4 is 17.6 Å². The molecule has 0 amide bonds. The van der Waals surface area contributed by atoms with E-state index in [-0.39, 0.29) is 11.5 Å². The summed E-state index contributed by atoms with van der Waals surface area (Å²) in [5.41, 5.74) is 3.47. The number of likely N-dealkylation sites (tertiary alicyclic amines) is 1. The molecule has 122 valence electrons. The standard InChI is InChI=1S/C18H26ClNO2/c1-12-9-14(18(2,3)4)15(19)10-13(12)11-20-8-6-5-7-16(20)17(21)22/h9-10,16H,5-8,11H2,1-4H3,(H,21,22)/t16-/m0/s1. The van der Waals surface area contributed by atoms with Gasteiger partial charge >= 0.3 is 5.97 Å². The Morgan fingerprint density at radius 3 is 2.64 bits per heavy atom. The summed E-state index contributed by atoms with van der Waals surface area (Å²) in [5, 5.41) is 10.2. The van der Waals surface area contributed by atoms with Crippen LogP contribution in [0.15, 0.2) is 12.1 Å². The summed E-state index contributed by atoms with van der Waals surface area (Å²) in [6, 6.07) is 3.80. The number of hydrogen-bond acceptors (Lipinski definition) is 2. The van der Waals surface area contributed by atoms with E-state index in [4.69, 9.17) is 11.6 Å². The van der Waals surface area contributed by atoms with Gasteiger partial charge in [-0.25, -0.2) is 0 Å². The number of carboxylic acids is 1. The normalized spacial score (nSPS) is 20.1. The number of benzene rings is 1. The first-order chi connectivity index (χ1) is 10.2. The Balaban J connectivity index is 2.26. The fourth-order valence-corrected chi connectivity index (χ4v) is 3.62. The summed E-state index contributed by atoms with van der Waals surface area (Å²) in [6.45, 7) is 10.0. The molecule has 0 unspecified atom stereocenters. The molecular formula is C18H26ClNO2. The number of piperidine rings is 1. The monoisotopic (exact) mass is 323 g/mol. The van der Waals surface area contributed by atoms with Gasteiger partial charge < -0.3 is 5.11 Å². The number of halogens is 1. The molecule has 0 bridgehead atoms. The molecule has 0 spiro atoms. The largest absolute Gasteiger partial charge is 0.480 e. The van der Waals surface area contributed by atoms with Crippen LogP contribution in [-0.2, 0) is 16.8 Å². The molecule has 1 heterocycles. The van der Waals surface area contributed by atoms with Gasteiger partial charge in [-0.2, -0.15) is 0 Å². The molecule has 4 heteroatoms. The van der Waals surface area contributed by atoms with Gasteiger partial charge in [0.05, 0.1) is 0 Å². The van der Waals surface area contributed by atoms with Crippen LogP contribution in [0.4, 0.5) is 0 Å². The van der Waals surface area contributed by atoms with Crippen molar-refractivity contribution < 1.29 is 9.90 Å². The zero-order valence-corrected chi connectivity index (χ0v) is 14.7. The predicted molar refractivity (Wildman–Crippen MR) is 90.6 cm³/mol. The lowest BCUT2D eigenvalue weighted by Crippen LogP contribution is -2.44. The molecule has 0 aromatic heterocycles. The molecule has 1 N–H and O–H groups in total. The number of aliphatic carboxylic acids is 1. The van der Waals surface area contributed by atoms with Gasteiger partial charge in [-0.1, -0.05) is 44.9 Å². The highest BCUT2D eigenvalue weighted by molar-refractivity contribution is 6.31. The van der Waals surface area contributed by atoms with E-state index in [0.29, 0.717) is 6.54 Å². The number of nitrogens with zero attached hydrogens (tertiary/aromatic N) is 1. The van der Waals surface area contributed by atoms with Crippen LogP contribution in [0.1, 0.15) is 56.7 Å². The minimum atomic E-state index is -0.713. The van der Waals surface area contributed by atoms with Crippen LogP contribution in [0.25, 0.3) is 0 Å². The van der Waals surface area contributed by atoms with Crippen LogP contribution >= 0.6 is 11.6 Å². The highest BCUT2D eigenvalue weighted by Gasteiger charge is 2.29. The zero-order chi connectivity index (χ0) is 16.5. The third-order valence-corrected chi connectivity index (χ3v) is 4.82. The van der Waals surface area contributed by atoms with Gasteiger partial charge in [0.15, 0.2) is 0 Å². The van der Waals surface area contributed by atoms with E-state index < -0.39 is 5.97 Å². The van der Waals surface area contributed by atoms with E-state index in [9.17, 15) is 9.90 Å². The van der Waals surface area contributed by atoms with Crippen LogP contribution in [0, 0.1) is 6.92 Å². The SMILES string of the molecule is Cc1cc(C(C)(C)C)c(Cl)cc1CN1CCCC[C@H]1C(=O)O. The highest BCUT2D eigenvalue weighted by atomic mass is 35.5. The Hall–Kier alpha value is -1.06. The van der Waals surface area contributed by atoms with Crippen LogP contribution < -0.4 is 0 Å². The van der Waals surface area contributed by atoms with Gasteiger partial charge in [-0.3, -0.25) is 9.69 Å². The first kappa shape index (κ1) is 17.3. The lowest BCUT2D eigenvalue weighted by Gasteiger charge is -2.33. The van der Waals surface area contributed by atoms with E-state index in [1.54, 1.807) is 0 Å². The summed E-state index contributed by atoms with van der Waals surface area (Å²) in [6.07, 6.45) is 2.80. The quantitative estimate of drug-likeness (QED) is 0.897. The Labute approximate surface area is 138 Å². The number of carboxylic acid groups (broad SMARTS) is 1. The summed E-state index contributed by atoms with van der Waals surface area (Å²) < 4.78 is 0. The second kappa shape index (κ2) is 6.59. The lowest BCUT2D eigenvalue weighted by molar-refractivity contribution is -0.144. The van der Waals surface area contributed by atoms with E-state index in [1.807, 2.05) is 6.07 Å². The van der Waals surface area contributed by atoms with E-state index in [2.05, 4.69) is 38.7 Å². The van der Waals surface area contributed by atoms with Gasteiger partial charge in [0.1, 0.15) is 6.04 Å². The van der Waals surface area contributed by atoms with Gasteiger partial charge in [0.25, 0.3) is 0 Å². The molecule has 1 saturated heterocycles. The second-order valence-corrected chi connectivity index (χ2v) is 7.74. The molecule has 1 fully saturated rings. The summed E-state index contributed by atoms with van der Waals surface area (Å²) in [5.74, 6) is -0.713. The van der Waals surface area contributed by atoms with Crippen molar-refractivity contribution in [1.82, 2.24) is 4.90 Å². The Bertz CT molecular complexity index is 563. The summed E-state index contributed by atoms with van der Waals surface area (Å²) in [4.78, 5) is 13.5. The maximum absolute atomic E-state index is 11.4. The van der Waals surface area contributed by atoms with Crippen LogP contribution in [0.5, 0.6) is 0 Å². The van der Waals surface area contributed by atoms with E-state index in [1.165, 1.54) is 5.56 Å². The van der Waals surface area contributed by atoms with Crippen molar-refractivity contribution in [1.29, 1.82) is 0 Å². The predicted octanol–water partition coefficient (Wildman–Crippen LogP) is 4.39. The maximum atomic E-state index is 11.4. The molecule has 1 aromatic rings. The van der Waals surface area contributed by atoms with Crippen molar-refractivity contribution in [3.8, 4) is 0 Å². The maximum Gasteiger partial charge on any atom is 0.320 e. The van der Waals surface area contributed by atoms with Crippen molar-refractivity contribution in [2.24, 2.45) is 0 Å². The first-order valence-corrected chi connectivity index (χ1v) is 8.34. The molecule has 1 atom stereocenters. The van der Waals surface area contributed by atoms with Crippen molar-refractivity contribution in [3.63, 3.8) is 0 Å².